The smallest absolute Gasteiger partial charge is 0.409 e. The lowest BCUT2D eigenvalue weighted by Crippen LogP contribution is -2.16. The number of methoxy groups -OCH3 is 1. The van der Waals surface area contributed by atoms with Gasteiger partial charge >= 0.3 is 6.18 Å². The van der Waals surface area contributed by atoms with Crippen molar-refractivity contribution in [2.45, 2.75) is 11.1 Å². The van der Waals surface area contributed by atoms with Crippen LogP contribution in [-0.4, -0.2) is 30.5 Å². The number of benzene rings is 1. The van der Waals surface area contributed by atoms with E-state index in [1.165, 1.54) is 24.9 Å². The Morgan fingerprint density at radius 3 is 2.68 bits per heavy atom. The summed E-state index contributed by atoms with van der Waals surface area (Å²) in [6.07, 6.45) is -4.47. The van der Waals surface area contributed by atoms with Crippen LogP contribution >= 0.6 is 11.8 Å². The lowest BCUT2D eigenvalue weighted by atomic mass is 10.1. The van der Waals surface area contributed by atoms with Gasteiger partial charge in [0.1, 0.15) is 0 Å². The van der Waals surface area contributed by atoms with E-state index >= 15 is 0 Å². The average molecular weight is 294 g/mol. The second kappa shape index (κ2) is 6.67. The Hall–Kier alpha value is -1.41. The molecule has 106 valence electrons. The molecule has 0 aliphatic rings. The van der Waals surface area contributed by atoms with Gasteiger partial charge in [0.2, 0.25) is 0 Å². The fraction of sp³-hybridized carbons (Fsp3) is 0.364. The molecule has 0 unspecified atom stereocenters. The summed E-state index contributed by atoms with van der Waals surface area (Å²) < 4.78 is 42.7. The summed E-state index contributed by atoms with van der Waals surface area (Å²) in [6, 6.07) is 3.13. The molecule has 0 amide bonds. The van der Waals surface area contributed by atoms with Crippen molar-refractivity contribution in [1.82, 2.24) is 0 Å². The van der Waals surface area contributed by atoms with Crippen molar-refractivity contribution in [3.05, 3.63) is 29.3 Å². The largest absolute Gasteiger partial charge is 0.416 e. The number of oxime groups is 1. The van der Waals surface area contributed by atoms with Gasteiger partial charge in [0, 0.05) is 23.3 Å². The minimum Gasteiger partial charge on any atom is -0.409 e. The predicted octanol–water partition coefficient (Wildman–Crippen LogP) is 2.54. The summed E-state index contributed by atoms with van der Waals surface area (Å²) in [5.41, 5.74) is 4.61. The second-order valence-corrected chi connectivity index (χ2v) is 4.67. The van der Waals surface area contributed by atoms with Gasteiger partial charge in [-0.25, -0.2) is 0 Å². The van der Waals surface area contributed by atoms with Gasteiger partial charge in [0.15, 0.2) is 5.84 Å². The first-order chi connectivity index (χ1) is 8.90. The number of alkyl halides is 3. The third-order valence-electron chi connectivity index (χ3n) is 2.24. The Kier molecular flexibility index (Phi) is 5.49. The molecule has 3 N–H and O–H groups in total. The van der Waals surface area contributed by atoms with Crippen LogP contribution in [0.5, 0.6) is 0 Å². The predicted molar refractivity (Wildman–Crippen MR) is 66.6 cm³/mol. The highest BCUT2D eigenvalue weighted by atomic mass is 32.2. The van der Waals surface area contributed by atoms with Gasteiger partial charge in [-0.15, -0.1) is 11.8 Å². The molecule has 0 saturated heterocycles. The molecule has 19 heavy (non-hydrogen) atoms. The molecule has 0 aromatic heterocycles. The number of halogens is 3. The minimum atomic E-state index is -4.47. The van der Waals surface area contributed by atoms with Crippen LogP contribution in [0.25, 0.3) is 0 Å². The minimum absolute atomic E-state index is 0.0541. The van der Waals surface area contributed by atoms with Crippen LogP contribution in [0.1, 0.15) is 11.1 Å². The Morgan fingerprint density at radius 1 is 1.47 bits per heavy atom. The number of ether oxygens (including phenoxy) is 1. The van der Waals surface area contributed by atoms with Crippen LogP contribution in [0.2, 0.25) is 0 Å². The van der Waals surface area contributed by atoms with Gasteiger partial charge in [-0.1, -0.05) is 5.16 Å². The van der Waals surface area contributed by atoms with Gasteiger partial charge in [0.25, 0.3) is 0 Å². The fourth-order valence-electron chi connectivity index (χ4n) is 1.32. The average Bonchev–Trinajstić information content (AvgIpc) is 2.37. The van der Waals surface area contributed by atoms with E-state index in [9.17, 15) is 13.2 Å². The molecule has 0 aliphatic carbocycles. The Labute approximate surface area is 112 Å². The maximum absolute atomic E-state index is 12.6. The maximum Gasteiger partial charge on any atom is 0.416 e. The van der Waals surface area contributed by atoms with E-state index in [2.05, 4.69) is 5.16 Å². The van der Waals surface area contributed by atoms with Gasteiger partial charge in [-0.3, -0.25) is 0 Å². The molecule has 4 nitrogen and oxygen atoms in total. The molecule has 0 aliphatic heterocycles. The molecular weight excluding hydrogens is 281 g/mol. The fourth-order valence-corrected chi connectivity index (χ4v) is 2.27. The molecular formula is C11H13F3N2O2S. The number of nitrogens with two attached hydrogens (primary N) is 1. The van der Waals surface area contributed by atoms with E-state index in [0.717, 1.165) is 12.1 Å². The van der Waals surface area contributed by atoms with E-state index in [-0.39, 0.29) is 11.4 Å². The Bertz CT molecular complexity index is 464. The highest BCUT2D eigenvalue weighted by Gasteiger charge is 2.31. The third kappa shape index (κ3) is 4.32. The zero-order valence-electron chi connectivity index (χ0n) is 10.1. The summed E-state index contributed by atoms with van der Waals surface area (Å²) in [5.74, 6) is 0.194. The summed E-state index contributed by atoms with van der Waals surface area (Å²) in [4.78, 5) is 0.500. The lowest BCUT2D eigenvalue weighted by molar-refractivity contribution is -0.137. The molecule has 1 aromatic carbocycles. The Balaban J connectivity index is 3.10. The van der Waals surface area contributed by atoms with Crippen molar-refractivity contribution >= 4 is 17.6 Å². The van der Waals surface area contributed by atoms with Gasteiger partial charge in [-0.2, -0.15) is 13.2 Å². The molecule has 0 saturated carbocycles. The van der Waals surface area contributed by atoms with Crippen molar-refractivity contribution in [2.75, 3.05) is 19.5 Å². The molecule has 0 atom stereocenters. The summed E-state index contributed by atoms with van der Waals surface area (Å²) >= 11 is 1.27. The van der Waals surface area contributed by atoms with Gasteiger partial charge < -0.3 is 15.7 Å². The van der Waals surface area contributed by atoms with Crippen LogP contribution in [0.15, 0.2) is 28.3 Å². The van der Waals surface area contributed by atoms with Crippen LogP contribution in [0.4, 0.5) is 13.2 Å². The van der Waals surface area contributed by atoms with Crippen LogP contribution in [0, 0.1) is 0 Å². The zero-order chi connectivity index (χ0) is 14.5. The van der Waals surface area contributed by atoms with Gasteiger partial charge in [-0.05, 0) is 18.2 Å². The van der Waals surface area contributed by atoms with Crippen LogP contribution in [-0.2, 0) is 10.9 Å². The molecule has 1 rings (SSSR count). The van der Waals surface area contributed by atoms with Gasteiger partial charge in [0.05, 0.1) is 12.2 Å². The zero-order valence-corrected chi connectivity index (χ0v) is 10.9. The number of hydrogen-bond acceptors (Lipinski definition) is 4. The van der Waals surface area contributed by atoms with Crippen molar-refractivity contribution in [2.24, 2.45) is 10.9 Å². The summed E-state index contributed by atoms with van der Waals surface area (Å²) in [6.45, 7) is 0.446. The van der Waals surface area contributed by atoms with E-state index < -0.39 is 11.7 Å². The topological polar surface area (TPSA) is 67.8 Å². The lowest BCUT2D eigenvalue weighted by Gasteiger charge is -2.12. The molecule has 8 heteroatoms. The van der Waals surface area contributed by atoms with Crippen LogP contribution in [0.3, 0.4) is 0 Å². The molecule has 0 fully saturated rings. The highest BCUT2D eigenvalue weighted by Crippen LogP contribution is 2.33. The number of hydrogen-bond donors (Lipinski definition) is 2. The third-order valence-corrected chi connectivity index (χ3v) is 3.27. The number of amidine groups is 1. The normalized spacial score (nSPS) is 12.7. The molecule has 1 aromatic rings. The van der Waals surface area contributed by atoms with Crippen molar-refractivity contribution < 1.29 is 23.1 Å². The second-order valence-electron chi connectivity index (χ2n) is 3.54. The number of rotatable bonds is 5. The Morgan fingerprint density at radius 2 is 2.16 bits per heavy atom. The first kappa shape index (κ1) is 15.6. The summed E-state index contributed by atoms with van der Waals surface area (Å²) in [5, 5.41) is 11.4. The van der Waals surface area contributed by atoms with E-state index in [4.69, 9.17) is 15.7 Å². The monoisotopic (exact) mass is 294 g/mol. The summed E-state index contributed by atoms with van der Waals surface area (Å²) in [7, 11) is 1.53. The maximum atomic E-state index is 12.6. The first-order valence-corrected chi connectivity index (χ1v) is 6.19. The quantitative estimate of drug-likeness (QED) is 0.219. The molecule has 0 spiro atoms. The van der Waals surface area contributed by atoms with E-state index in [1.54, 1.807) is 0 Å². The number of nitrogens with zero attached hydrogens (tertiary/aromatic N) is 1. The highest BCUT2D eigenvalue weighted by molar-refractivity contribution is 7.99. The van der Waals surface area contributed by atoms with E-state index in [0.29, 0.717) is 17.3 Å². The van der Waals surface area contributed by atoms with E-state index in [1.807, 2.05) is 0 Å². The van der Waals surface area contributed by atoms with Crippen LogP contribution < -0.4 is 5.73 Å². The molecule has 0 bridgehead atoms. The van der Waals surface area contributed by atoms with Crippen molar-refractivity contribution in [3.8, 4) is 0 Å². The van der Waals surface area contributed by atoms with Crippen molar-refractivity contribution in [3.63, 3.8) is 0 Å². The van der Waals surface area contributed by atoms with Crippen molar-refractivity contribution in [1.29, 1.82) is 0 Å². The SMILES string of the molecule is COCCSc1ccc(C(F)(F)F)cc1/C(N)=N/O. The first-order valence-electron chi connectivity index (χ1n) is 5.21. The standard InChI is InChI=1S/C11H13F3N2O2S/c1-18-4-5-19-9-3-2-7(11(12,13)14)6-8(9)10(15)16-17/h2-3,6,17H,4-5H2,1H3,(H2,15,16). The molecule has 0 radical (unpaired) electrons. The number of thioether (sulfide) groups is 1. The molecule has 0 heterocycles.